The lowest BCUT2D eigenvalue weighted by atomic mass is 9.96. The van der Waals surface area contributed by atoms with E-state index in [1.807, 2.05) is 6.08 Å². The van der Waals surface area contributed by atoms with Crippen LogP contribution in [0.1, 0.15) is 33.5 Å². The molecule has 0 aliphatic heterocycles. The molecule has 0 spiro atoms. The van der Waals surface area contributed by atoms with Gasteiger partial charge in [-0.15, -0.1) is 0 Å². The van der Waals surface area contributed by atoms with Gasteiger partial charge in [0.15, 0.2) is 5.78 Å². The lowest BCUT2D eigenvalue weighted by Gasteiger charge is -2.14. The van der Waals surface area contributed by atoms with Crippen molar-refractivity contribution in [1.29, 1.82) is 0 Å². The third kappa shape index (κ3) is 5.36. The van der Waals surface area contributed by atoms with Crippen LogP contribution in [-0.2, 0) is 12.8 Å². The van der Waals surface area contributed by atoms with Crippen molar-refractivity contribution in [1.82, 2.24) is 0 Å². The number of hydrogen-bond acceptors (Lipinski definition) is 6. The maximum atomic E-state index is 12.8. The Balaban J connectivity index is 1.81. The zero-order valence-electron chi connectivity index (χ0n) is 17.1. The van der Waals surface area contributed by atoms with Gasteiger partial charge < -0.3 is 25.2 Å². The number of rotatable bonds is 8. The summed E-state index contributed by atoms with van der Waals surface area (Å²) < 4.78 is 5.28. The van der Waals surface area contributed by atoms with Crippen LogP contribution in [0.5, 0.6) is 28.7 Å². The molecular weight excluding hydrogens is 396 g/mol. The van der Waals surface area contributed by atoms with E-state index in [9.17, 15) is 25.2 Å². The normalized spacial score (nSPS) is 11.0. The summed E-state index contributed by atoms with van der Waals surface area (Å²) in [6.45, 7) is 0. The van der Waals surface area contributed by atoms with Gasteiger partial charge in [0, 0.05) is 18.1 Å². The number of benzene rings is 3. The first-order chi connectivity index (χ1) is 14.9. The smallest absolute Gasteiger partial charge is 0.170 e. The number of carbonyl (C=O) groups is 1. The van der Waals surface area contributed by atoms with Gasteiger partial charge in [-0.3, -0.25) is 4.79 Å². The molecule has 31 heavy (non-hydrogen) atoms. The zero-order chi connectivity index (χ0) is 22.4. The molecule has 0 aliphatic rings. The summed E-state index contributed by atoms with van der Waals surface area (Å²) in [4.78, 5) is 12.8. The highest BCUT2D eigenvalue weighted by Gasteiger charge is 2.22. The number of phenolic OH excluding ortho intramolecular Hbond substituents is 4. The van der Waals surface area contributed by atoms with Crippen LogP contribution in [-0.4, -0.2) is 33.3 Å². The Labute approximate surface area is 180 Å². The quantitative estimate of drug-likeness (QED) is 0.397. The van der Waals surface area contributed by atoms with Gasteiger partial charge in [-0.25, -0.2) is 0 Å². The average molecular weight is 420 g/mol. The molecule has 160 valence electrons. The van der Waals surface area contributed by atoms with E-state index in [4.69, 9.17) is 4.74 Å². The van der Waals surface area contributed by atoms with E-state index in [1.54, 1.807) is 54.6 Å². The average Bonchev–Trinajstić information content (AvgIpc) is 2.76. The fourth-order valence-electron chi connectivity index (χ4n) is 3.27. The first-order valence-electron chi connectivity index (χ1n) is 9.77. The maximum absolute atomic E-state index is 12.8. The van der Waals surface area contributed by atoms with E-state index in [2.05, 4.69) is 0 Å². The second-order valence-corrected chi connectivity index (χ2v) is 7.09. The van der Waals surface area contributed by atoms with Gasteiger partial charge in [-0.2, -0.15) is 0 Å². The van der Waals surface area contributed by atoms with Crippen molar-refractivity contribution in [3.8, 4) is 28.7 Å². The van der Waals surface area contributed by atoms with Gasteiger partial charge in [0.05, 0.1) is 7.11 Å². The van der Waals surface area contributed by atoms with Crippen LogP contribution in [0.3, 0.4) is 0 Å². The molecule has 6 nitrogen and oxygen atoms in total. The fraction of sp³-hybridized carbons (Fsp3) is 0.160. The van der Waals surface area contributed by atoms with Crippen LogP contribution in [0.15, 0.2) is 60.7 Å². The SMILES string of the molecule is COc1cc(O)c(C(=O)CCc2ccc(O)cc2)c(O)c1C/C=C/c1ccc(O)cc1. The molecule has 3 rings (SSSR count). The lowest BCUT2D eigenvalue weighted by molar-refractivity contribution is 0.0977. The first-order valence-corrected chi connectivity index (χ1v) is 9.77. The van der Waals surface area contributed by atoms with Crippen molar-refractivity contribution in [3.63, 3.8) is 0 Å². The minimum atomic E-state index is -0.394. The van der Waals surface area contributed by atoms with Gasteiger partial charge in [-0.1, -0.05) is 36.4 Å². The molecular formula is C25H24O6. The largest absolute Gasteiger partial charge is 0.508 e. The van der Waals surface area contributed by atoms with Gasteiger partial charge in [0.2, 0.25) is 0 Å². The van der Waals surface area contributed by atoms with E-state index in [0.717, 1.165) is 11.1 Å². The molecule has 3 aromatic rings. The molecule has 0 saturated carbocycles. The summed E-state index contributed by atoms with van der Waals surface area (Å²) in [6.07, 6.45) is 4.37. The molecule has 0 atom stereocenters. The molecule has 0 fully saturated rings. The third-order valence-corrected chi connectivity index (χ3v) is 4.95. The molecule has 0 radical (unpaired) electrons. The van der Waals surface area contributed by atoms with Crippen molar-refractivity contribution in [3.05, 3.63) is 82.9 Å². The highest BCUT2D eigenvalue weighted by molar-refractivity contribution is 6.02. The fourth-order valence-corrected chi connectivity index (χ4v) is 3.27. The van der Waals surface area contributed by atoms with Crippen molar-refractivity contribution < 1.29 is 30.0 Å². The number of phenols is 4. The Morgan fingerprint density at radius 1 is 0.935 bits per heavy atom. The first kappa shape index (κ1) is 21.8. The number of ether oxygens (including phenoxy) is 1. The summed E-state index contributed by atoms with van der Waals surface area (Å²) >= 11 is 0. The number of Topliss-reactive ketones (excluding diaryl/α,β-unsaturated/α-hetero) is 1. The molecule has 0 bridgehead atoms. The van der Waals surface area contributed by atoms with Crippen LogP contribution >= 0.6 is 0 Å². The number of aryl methyl sites for hydroxylation is 1. The summed E-state index contributed by atoms with van der Waals surface area (Å²) in [5.41, 5.74) is 1.98. The molecule has 0 unspecified atom stereocenters. The molecule has 6 heteroatoms. The van der Waals surface area contributed by atoms with E-state index in [-0.39, 0.29) is 47.2 Å². The highest BCUT2D eigenvalue weighted by atomic mass is 16.5. The number of allylic oxidation sites excluding steroid dienone is 1. The van der Waals surface area contributed by atoms with E-state index in [0.29, 0.717) is 12.0 Å². The van der Waals surface area contributed by atoms with Crippen LogP contribution in [0.25, 0.3) is 6.08 Å². The minimum Gasteiger partial charge on any atom is -0.508 e. The Morgan fingerprint density at radius 2 is 1.55 bits per heavy atom. The van der Waals surface area contributed by atoms with E-state index >= 15 is 0 Å². The summed E-state index contributed by atoms with van der Waals surface area (Å²) in [5, 5.41) is 39.8. The topological polar surface area (TPSA) is 107 Å². The third-order valence-electron chi connectivity index (χ3n) is 4.95. The van der Waals surface area contributed by atoms with Crippen LogP contribution in [0.2, 0.25) is 0 Å². The maximum Gasteiger partial charge on any atom is 0.170 e. The van der Waals surface area contributed by atoms with Crippen LogP contribution < -0.4 is 4.74 Å². The molecule has 0 amide bonds. The number of ketones is 1. The number of aromatic hydroxyl groups is 4. The van der Waals surface area contributed by atoms with Gasteiger partial charge in [0.1, 0.15) is 34.3 Å². The summed E-state index contributed by atoms with van der Waals surface area (Å²) in [6, 6.07) is 14.5. The van der Waals surface area contributed by atoms with Crippen molar-refractivity contribution >= 4 is 11.9 Å². The molecule has 3 aromatic carbocycles. The summed E-state index contributed by atoms with van der Waals surface area (Å²) in [7, 11) is 1.42. The van der Waals surface area contributed by atoms with Crippen molar-refractivity contribution in [2.75, 3.05) is 7.11 Å². The summed E-state index contributed by atoms with van der Waals surface area (Å²) in [5.74, 6) is -0.440. The monoisotopic (exact) mass is 420 g/mol. The second-order valence-electron chi connectivity index (χ2n) is 7.09. The predicted octanol–water partition coefficient (Wildman–Crippen LogP) is 4.59. The van der Waals surface area contributed by atoms with Crippen LogP contribution in [0, 0.1) is 0 Å². The van der Waals surface area contributed by atoms with Crippen molar-refractivity contribution in [2.45, 2.75) is 19.3 Å². The second kappa shape index (κ2) is 9.71. The number of hydrogen-bond donors (Lipinski definition) is 4. The Hall–Kier alpha value is -3.93. The molecule has 0 aliphatic carbocycles. The Kier molecular flexibility index (Phi) is 6.82. The lowest BCUT2D eigenvalue weighted by Crippen LogP contribution is -2.05. The number of methoxy groups -OCH3 is 1. The van der Waals surface area contributed by atoms with Crippen molar-refractivity contribution in [2.24, 2.45) is 0 Å². The van der Waals surface area contributed by atoms with Crippen LogP contribution in [0.4, 0.5) is 0 Å². The molecule has 0 saturated heterocycles. The van der Waals surface area contributed by atoms with E-state index < -0.39 is 5.78 Å². The number of carbonyl (C=O) groups excluding carboxylic acids is 1. The highest BCUT2D eigenvalue weighted by Crippen LogP contribution is 2.39. The van der Waals surface area contributed by atoms with E-state index in [1.165, 1.54) is 13.2 Å². The Morgan fingerprint density at radius 3 is 2.16 bits per heavy atom. The molecule has 0 aromatic heterocycles. The van der Waals surface area contributed by atoms with Gasteiger partial charge >= 0.3 is 0 Å². The minimum absolute atomic E-state index is 0.0843. The Bertz CT molecular complexity index is 1080. The zero-order valence-corrected chi connectivity index (χ0v) is 17.1. The standard InChI is InChI=1S/C25H24O6/c1-31-23-15-22(29)24(21(28)14-9-17-7-12-19(27)13-8-17)25(30)20(23)4-2-3-16-5-10-18(26)11-6-16/h2-3,5-8,10-13,15,26-27,29-30H,4,9,14H2,1H3/b3-2+. The predicted molar refractivity (Wildman–Crippen MR) is 118 cm³/mol. The van der Waals surface area contributed by atoms with Gasteiger partial charge in [0.25, 0.3) is 0 Å². The molecule has 0 heterocycles. The molecule has 4 N–H and O–H groups in total. The van der Waals surface area contributed by atoms with Gasteiger partial charge in [-0.05, 0) is 48.2 Å².